The Morgan fingerprint density at radius 2 is 1.83 bits per heavy atom. The van der Waals surface area contributed by atoms with Crippen LogP contribution >= 0.6 is 0 Å². The van der Waals surface area contributed by atoms with Crippen LogP contribution < -0.4 is 9.64 Å². The van der Waals surface area contributed by atoms with Gasteiger partial charge in [0.1, 0.15) is 5.75 Å². The number of carbonyl (C=O) groups excluding carboxylic acids is 1. The van der Waals surface area contributed by atoms with Crippen molar-refractivity contribution in [3.8, 4) is 5.75 Å². The van der Waals surface area contributed by atoms with E-state index >= 15 is 0 Å². The molecule has 0 heterocycles. The molecular formula is C20H25NO3. The van der Waals surface area contributed by atoms with Crippen LogP contribution in [0.3, 0.4) is 0 Å². The van der Waals surface area contributed by atoms with E-state index in [1.165, 1.54) is 0 Å². The Labute approximate surface area is 144 Å². The summed E-state index contributed by atoms with van der Waals surface area (Å²) in [5, 5.41) is 0. The molecule has 2 aromatic rings. The summed E-state index contributed by atoms with van der Waals surface area (Å²) in [5.74, 6) is 0.520. The standard InChI is InChI=1S/C20H25NO3/c1-5-17-12-15(3)13-19(14-17)24-20(22)23-16(4)21(6-2)18-10-8-7-9-11-18/h7-14,16H,5-6H2,1-4H3. The number of anilines is 1. The molecule has 0 saturated carbocycles. The molecule has 128 valence electrons. The first kappa shape index (κ1) is 17.9. The molecule has 0 spiro atoms. The monoisotopic (exact) mass is 327 g/mol. The smallest absolute Gasteiger partial charge is 0.410 e. The number of benzene rings is 2. The average Bonchev–Trinajstić information content (AvgIpc) is 2.55. The van der Waals surface area contributed by atoms with Crippen molar-refractivity contribution in [3.05, 3.63) is 59.7 Å². The highest BCUT2D eigenvalue weighted by molar-refractivity contribution is 5.64. The molecule has 4 nitrogen and oxygen atoms in total. The third kappa shape index (κ3) is 4.75. The van der Waals surface area contributed by atoms with Crippen LogP contribution in [0.4, 0.5) is 10.5 Å². The Balaban J connectivity index is 2.02. The molecule has 0 radical (unpaired) electrons. The van der Waals surface area contributed by atoms with Crippen LogP contribution in [0.5, 0.6) is 5.75 Å². The van der Waals surface area contributed by atoms with Gasteiger partial charge in [0, 0.05) is 12.2 Å². The number of ether oxygens (including phenoxy) is 2. The fourth-order valence-electron chi connectivity index (χ4n) is 2.68. The van der Waals surface area contributed by atoms with Crippen LogP contribution in [0.15, 0.2) is 48.5 Å². The quantitative estimate of drug-likeness (QED) is 0.428. The van der Waals surface area contributed by atoms with Gasteiger partial charge in [-0.2, -0.15) is 0 Å². The largest absolute Gasteiger partial charge is 0.515 e. The Hall–Kier alpha value is -2.49. The molecule has 0 aliphatic carbocycles. The van der Waals surface area contributed by atoms with Crippen molar-refractivity contribution in [2.45, 2.75) is 40.3 Å². The molecule has 0 aliphatic rings. The molecule has 2 aromatic carbocycles. The predicted molar refractivity (Wildman–Crippen MR) is 96.6 cm³/mol. The molecule has 0 aromatic heterocycles. The lowest BCUT2D eigenvalue weighted by Gasteiger charge is -2.29. The van der Waals surface area contributed by atoms with E-state index in [9.17, 15) is 4.79 Å². The second-order valence-corrected chi connectivity index (χ2v) is 5.70. The number of para-hydroxylation sites is 1. The normalized spacial score (nSPS) is 11.7. The first-order valence-corrected chi connectivity index (χ1v) is 8.34. The predicted octanol–water partition coefficient (Wildman–Crippen LogP) is 4.95. The second-order valence-electron chi connectivity index (χ2n) is 5.70. The molecule has 0 aliphatic heterocycles. The van der Waals surface area contributed by atoms with Crippen molar-refractivity contribution in [1.82, 2.24) is 0 Å². The molecule has 1 unspecified atom stereocenters. The van der Waals surface area contributed by atoms with Gasteiger partial charge in [-0.25, -0.2) is 4.79 Å². The van der Waals surface area contributed by atoms with E-state index in [1.807, 2.05) is 68.1 Å². The van der Waals surface area contributed by atoms with Gasteiger partial charge in [-0.15, -0.1) is 0 Å². The molecule has 0 bridgehead atoms. The third-order valence-electron chi connectivity index (χ3n) is 3.85. The Morgan fingerprint density at radius 3 is 2.46 bits per heavy atom. The molecule has 1 atom stereocenters. The lowest BCUT2D eigenvalue weighted by atomic mass is 10.1. The van der Waals surface area contributed by atoms with E-state index in [0.29, 0.717) is 5.75 Å². The maximum atomic E-state index is 12.1. The lowest BCUT2D eigenvalue weighted by molar-refractivity contribution is 0.0645. The SMILES string of the molecule is CCc1cc(C)cc(OC(=O)OC(C)N(CC)c2ccccc2)c1. The minimum absolute atomic E-state index is 0.416. The van der Waals surface area contributed by atoms with Crippen molar-refractivity contribution >= 4 is 11.8 Å². The fraction of sp³-hybridized carbons (Fsp3) is 0.350. The number of carbonyl (C=O) groups is 1. The van der Waals surface area contributed by atoms with Gasteiger partial charge < -0.3 is 14.4 Å². The molecule has 4 heteroatoms. The molecule has 0 N–H and O–H groups in total. The molecular weight excluding hydrogens is 302 g/mol. The Kier molecular flexibility index (Phi) is 6.24. The van der Waals surface area contributed by atoms with Crippen molar-refractivity contribution in [1.29, 1.82) is 0 Å². The van der Waals surface area contributed by atoms with Crippen LogP contribution in [0.2, 0.25) is 0 Å². The van der Waals surface area contributed by atoms with E-state index < -0.39 is 12.4 Å². The third-order valence-corrected chi connectivity index (χ3v) is 3.85. The van der Waals surface area contributed by atoms with Crippen molar-refractivity contribution < 1.29 is 14.3 Å². The van der Waals surface area contributed by atoms with Gasteiger partial charge in [-0.1, -0.05) is 31.2 Å². The molecule has 2 rings (SSSR count). The average molecular weight is 327 g/mol. The van der Waals surface area contributed by atoms with Gasteiger partial charge in [0.2, 0.25) is 0 Å². The van der Waals surface area contributed by atoms with Gasteiger partial charge >= 0.3 is 6.16 Å². The number of hydrogen-bond donors (Lipinski definition) is 0. The molecule has 0 saturated heterocycles. The summed E-state index contributed by atoms with van der Waals surface area (Å²) < 4.78 is 10.8. The van der Waals surface area contributed by atoms with Gasteiger partial charge in [0.15, 0.2) is 6.23 Å². The maximum Gasteiger partial charge on any atom is 0.515 e. The maximum absolute atomic E-state index is 12.1. The van der Waals surface area contributed by atoms with E-state index in [-0.39, 0.29) is 0 Å². The number of rotatable bonds is 6. The van der Waals surface area contributed by atoms with Crippen LogP contribution in [-0.2, 0) is 11.2 Å². The van der Waals surface area contributed by atoms with Crippen molar-refractivity contribution in [2.75, 3.05) is 11.4 Å². The van der Waals surface area contributed by atoms with Gasteiger partial charge in [0.05, 0.1) is 0 Å². The first-order chi connectivity index (χ1) is 11.5. The number of hydrogen-bond acceptors (Lipinski definition) is 4. The summed E-state index contributed by atoms with van der Waals surface area (Å²) >= 11 is 0. The number of aryl methyl sites for hydroxylation is 2. The highest BCUT2D eigenvalue weighted by Gasteiger charge is 2.18. The summed E-state index contributed by atoms with van der Waals surface area (Å²) in [5.41, 5.74) is 3.19. The Bertz CT molecular complexity index is 670. The Morgan fingerprint density at radius 1 is 1.12 bits per heavy atom. The topological polar surface area (TPSA) is 38.8 Å². The van der Waals surface area contributed by atoms with E-state index in [1.54, 1.807) is 0 Å². The molecule has 0 amide bonds. The van der Waals surface area contributed by atoms with Crippen LogP contribution in [0.25, 0.3) is 0 Å². The summed E-state index contributed by atoms with van der Waals surface area (Å²) in [6.07, 6.45) is -0.217. The van der Waals surface area contributed by atoms with Crippen LogP contribution in [0, 0.1) is 6.92 Å². The van der Waals surface area contributed by atoms with Crippen LogP contribution in [-0.4, -0.2) is 18.9 Å². The highest BCUT2D eigenvalue weighted by atomic mass is 16.7. The van der Waals surface area contributed by atoms with E-state index in [2.05, 4.69) is 13.0 Å². The lowest BCUT2D eigenvalue weighted by Crippen LogP contribution is -2.37. The van der Waals surface area contributed by atoms with Gasteiger partial charge in [-0.3, -0.25) is 0 Å². The van der Waals surface area contributed by atoms with Crippen molar-refractivity contribution in [3.63, 3.8) is 0 Å². The summed E-state index contributed by atoms with van der Waals surface area (Å²) in [6.45, 7) is 8.63. The van der Waals surface area contributed by atoms with Gasteiger partial charge in [-0.05, 0) is 62.6 Å². The summed E-state index contributed by atoms with van der Waals surface area (Å²) in [6, 6.07) is 15.6. The van der Waals surface area contributed by atoms with Gasteiger partial charge in [0.25, 0.3) is 0 Å². The first-order valence-electron chi connectivity index (χ1n) is 8.34. The molecule has 24 heavy (non-hydrogen) atoms. The zero-order chi connectivity index (χ0) is 17.5. The molecule has 0 fully saturated rings. The zero-order valence-corrected chi connectivity index (χ0v) is 14.8. The number of nitrogens with zero attached hydrogens (tertiary/aromatic N) is 1. The van der Waals surface area contributed by atoms with E-state index in [0.717, 1.165) is 29.8 Å². The summed E-state index contributed by atoms with van der Waals surface area (Å²) in [4.78, 5) is 14.1. The summed E-state index contributed by atoms with van der Waals surface area (Å²) in [7, 11) is 0. The second kappa shape index (κ2) is 8.39. The minimum atomic E-state index is -0.690. The zero-order valence-electron chi connectivity index (χ0n) is 14.8. The fourth-order valence-corrected chi connectivity index (χ4v) is 2.68. The highest BCUT2D eigenvalue weighted by Crippen LogP contribution is 2.20. The van der Waals surface area contributed by atoms with Crippen molar-refractivity contribution in [2.24, 2.45) is 0 Å². The van der Waals surface area contributed by atoms with E-state index in [4.69, 9.17) is 9.47 Å². The van der Waals surface area contributed by atoms with Crippen LogP contribution in [0.1, 0.15) is 31.9 Å². The minimum Gasteiger partial charge on any atom is -0.410 e.